The maximum atomic E-state index is 14.4. The van der Waals surface area contributed by atoms with Crippen molar-refractivity contribution in [3.05, 3.63) is 65.2 Å². The SMILES string of the molecule is CC(C)c1cccc(C(C)C)c1-n1nc(C#N)nc1-c1ccccc1F. The van der Waals surface area contributed by atoms with E-state index in [1.165, 1.54) is 6.07 Å². The van der Waals surface area contributed by atoms with Gasteiger partial charge in [-0.05, 0) is 35.1 Å². The van der Waals surface area contributed by atoms with E-state index in [2.05, 4.69) is 37.8 Å². The van der Waals surface area contributed by atoms with Crippen molar-refractivity contribution in [3.63, 3.8) is 0 Å². The molecule has 0 unspecified atom stereocenters. The molecule has 0 spiro atoms. The van der Waals surface area contributed by atoms with Crippen LogP contribution in [-0.4, -0.2) is 14.8 Å². The third kappa shape index (κ3) is 3.11. The summed E-state index contributed by atoms with van der Waals surface area (Å²) in [6.07, 6.45) is 0. The summed E-state index contributed by atoms with van der Waals surface area (Å²) in [6, 6.07) is 14.5. The standard InChI is InChI=1S/C21H21FN4/c1-13(2)15-9-7-10-16(14(3)4)20(15)26-21(24-19(12-23)25-26)17-8-5-6-11-18(17)22/h5-11,13-14H,1-4H3. The van der Waals surface area contributed by atoms with Crippen LogP contribution < -0.4 is 0 Å². The van der Waals surface area contributed by atoms with E-state index in [-0.39, 0.29) is 17.7 Å². The van der Waals surface area contributed by atoms with Gasteiger partial charge >= 0.3 is 0 Å². The van der Waals surface area contributed by atoms with Gasteiger partial charge < -0.3 is 0 Å². The molecule has 0 aliphatic rings. The van der Waals surface area contributed by atoms with Gasteiger partial charge in [-0.3, -0.25) is 0 Å². The summed E-state index contributed by atoms with van der Waals surface area (Å²) in [5.74, 6) is 0.462. The van der Waals surface area contributed by atoms with Crippen molar-refractivity contribution in [2.75, 3.05) is 0 Å². The fraction of sp³-hybridized carbons (Fsp3) is 0.286. The van der Waals surface area contributed by atoms with Gasteiger partial charge in [-0.15, -0.1) is 5.10 Å². The Hall–Kier alpha value is -3.00. The third-order valence-corrected chi connectivity index (χ3v) is 4.38. The van der Waals surface area contributed by atoms with Gasteiger partial charge in [0.2, 0.25) is 0 Å². The molecule has 0 atom stereocenters. The number of para-hydroxylation sites is 1. The third-order valence-electron chi connectivity index (χ3n) is 4.38. The quantitative estimate of drug-likeness (QED) is 0.652. The molecule has 0 radical (unpaired) electrons. The topological polar surface area (TPSA) is 54.5 Å². The van der Waals surface area contributed by atoms with Crippen LogP contribution in [0.5, 0.6) is 0 Å². The fourth-order valence-corrected chi connectivity index (χ4v) is 3.09. The Morgan fingerprint density at radius 2 is 1.58 bits per heavy atom. The Labute approximate surface area is 152 Å². The van der Waals surface area contributed by atoms with E-state index in [9.17, 15) is 9.65 Å². The Kier molecular flexibility index (Phi) is 4.85. The molecule has 1 heterocycles. The predicted octanol–water partition coefficient (Wildman–Crippen LogP) is 5.19. The zero-order valence-corrected chi connectivity index (χ0v) is 15.4. The highest BCUT2D eigenvalue weighted by Crippen LogP contribution is 2.33. The molecule has 2 aromatic carbocycles. The van der Waals surface area contributed by atoms with E-state index in [0.717, 1.165) is 16.8 Å². The average Bonchev–Trinajstić information content (AvgIpc) is 3.05. The molecule has 1 aromatic heterocycles. The molecule has 0 amide bonds. The first-order chi connectivity index (χ1) is 12.4. The number of halogens is 1. The van der Waals surface area contributed by atoms with Crippen molar-refractivity contribution >= 4 is 0 Å². The summed E-state index contributed by atoms with van der Waals surface area (Å²) >= 11 is 0. The number of rotatable bonds is 4. The Morgan fingerprint density at radius 1 is 0.962 bits per heavy atom. The molecule has 4 nitrogen and oxygen atoms in total. The molecule has 3 rings (SSSR count). The number of benzene rings is 2. The van der Waals surface area contributed by atoms with Crippen molar-refractivity contribution in [2.24, 2.45) is 0 Å². The van der Waals surface area contributed by atoms with Crippen LogP contribution in [0.4, 0.5) is 4.39 Å². The molecule has 0 saturated carbocycles. The van der Waals surface area contributed by atoms with Crippen molar-refractivity contribution in [1.29, 1.82) is 5.26 Å². The number of aromatic nitrogens is 3. The van der Waals surface area contributed by atoms with Gasteiger partial charge in [0, 0.05) is 0 Å². The first-order valence-corrected chi connectivity index (χ1v) is 8.69. The molecular formula is C21H21FN4. The highest BCUT2D eigenvalue weighted by atomic mass is 19.1. The van der Waals surface area contributed by atoms with Gasteiger partial charge in [0.15, 0.2) is 5.82 Å². The molecule has 3 aromatic rings. The van der Waals surface area contributed by atoms with E-state index >= 15 is 0 Å². The first kappa shape index (κ1) is 17.8. The smallest absolute Gasteiger partial charge is 0.211 e. The van der Waals surface area contributed by atoms with Gasteiger partial charge in [-0.2, -0.15) is 10.2 Å². The number of hydrogen-bond donors (Lipinski definition) is 0. The molecule has 0 saturated heterocycles. The fourth-order valence-electron chi connectivity index (χ4n) is 3.09. The minimum absolute atomic E-state index is 0.0246. The highest BCUT2D eigenvalue weighted by molar-refractivity contribution is 5.62. The summed E-state index contributed by atoms with van der Waals surface area (Å²) in [5.41, 5.74) is 3.38. The van der Waals surface area contributed by atoms with Crippen LogP contribution in [0.25, 0.3) is 17.1 Å². The average molecular weight is 348 g/mol. The van der Waals surface area contributed by atoms with Gasteiger partial charge in [0.05, 0.1) is 11.3 Å². The largest absolute Gasteiger partial charge is 0.253 e. The van der Waals surface area contributed by atoms with Crippen LogP contribution in [0.1, 0.15) is 56.5 Å². The summed E-state index contributed by atoms with van der Waals surface area (Å²) < 4.78 is 16.1. The van der Waals surface area contributed by atoms with Gasteiger partial charge in [0.25, 0.3) is 5.82 Å². The van der Waals surface area contributed by atoms with E-state index < -0.39 is 5.82 Å². The summed E-state index contributed by atoms with van der Waals surface area (Å²) in [4.78, 5) is 4.29. The summed E-state index contributed by atoms with van der Waals surface area (Å²) in [5, 5.41) is 13.7. The van der Waals surface area contributed by atoms with E-state index in [1.54, 1.807) is 22.9 Å². The molecule has 0 aliphatic carbocycles. The Balaban J connectivity index is 2.38. The van der Waals surface area contributed by atoms with E-state index in [1.807, 2.05) is 24.3 Å². The van der Waals surface area contributed by atoms with Gasteiger partial charge in [0.1, 0.15) is 11.9 Å². The number of nitriles is 1. The minimum Gasteiger partial charge on any atom is -0.211 e. The molecule has 0 fully saturated rings. The van der Waals surface area contributed by atoms with Crippen LogP contribution in [-0.2, 0) is 0 Å². The summed E-state index contributed by atoms with van der Waals surface area (Å²) in [6.45, 7) is 8.42. The maximum absolute atomic E-state index is 14.4. The molecule has 0 bridgehead atoms. The molecule has 26 heavy (non-hydrogen) atoms. The molecule has 0 N–H and O–H groups in total. The van der Waals surface area contributed by atoms with Crippen LogP contribution in [0.15, 0.2) is 42.5 Å². The maximum Gasteiger partial charge on any atom is 0.253 e. The Bertz CT molecular complexity index is 954. The normalized spacial score (nSPS) is 11.2. The Morgan fingerprint density at radius 3 is 2.12 bits per heavy atom. The molecular weight excluding hydrogens is 327 g/mol. The van der Waals surface area contributed by atoms with Gasteiger partial charge in [-0.25, -0.2) is 9.07 Å². The van der Waals surface area contributed by atoms with Crippen LogP contribution >= 0.6 is 0 Å². The highest BCUT2D eigenvalue weighted by Gasteiger charge is 2.22. The lowest BCUT2D eigenvalue weighted by atomic mass is 9.92. The van der Waals surface area contributed by atoms with Crippen molar-refractivity contribution < 1.29 is 4.39 Å². The van der Waals surface area contributed by atoms with E-state index in [0.29, 0.717) is 11.4 Å². The second-order valence-electron chi connectivity index (χ2n) is 6.86. The lowest BCUT2D eigenvalue weighted by molar-refractivity contribution is 0.628. The van der Waals surface area contributed by atoms with E-state index in [4.69, 9.17) is 0 Å². The first-order valence-electron chi connectivity index (χ1n) is 8.69. The monoisotopic (exact) mass is 348 g/mol. The van der Waals surface area contributed by atoms with Crippen LogP contribution in [0.2, 0.25) is 0 Å². The van der Waals surface area contributed by atoms with Gasteiger partial charge in [-0.1, -0.05) is 58.0 Å². The zero-order chi connectivity index (χ0) is 18.8. The zero-order valence-electron chi connectivity index (χ0n) is 15.4. The minimum atomic E-state index is -0.390. The van der Waals surface area contributed by atoms with Crippen molar-refractivity contribution in [3.8, 4) is 23.1 Å². The van der Waals surface area contributed by atoms with Crippen LogP contribution in [0.3, 0.4) is 0 Å². The van der Waals surface area contributed by atoms with Crippen LogP contribution in [0, 0.1) is 17.1 Å². The lowest BCUT2D eigenvalue weighted by Gasteiger charge is -2.20. The second kappa shape index (κ2) is 7.09. The number of hydrogen-bond acceptors (Lipinski definition) is 3. The molecule has 132 valence electrons. The summed E-state index contributed by atoms with van der Waals surface area (Å²) in [7, 11) is 0. The van der Waals surface area contributed by atoms with Crippen molar-refractivity contribution in [1.82, 2.24) is 14.8 Å². The molecule has 5 heteroatoms. The number of nitrogens with zero attached hydrogens (tertiary/aromatic N) is 4. The second-order valence-corrected chi connectivity index (χ2v) is 6.86. The van der Waals surface area contributed by atoms with Crippen molar-refractivity contribution in [2.45, 2.75) is 39.5 Å². The predicted molar refractivity (Wildman–Crippen MR) is 99.6 cm³/mol. The molecule has 0 aliphatic heterocycles. The lowest BCUT2D eigenvalue weighted by Crippen LogP contribution is -2.10.